The summed E-state index contributed by atoms with van der Waals surface area (Å²) >= 11 is 0. The summed E-state index contributed by atoms with van der Waals surface area (Å²) < 4.78 is 0. The van der Waals surface area contributed by atoms with Crippen LogP contribution in [0.3, 0.4) is 0 Å². The Bertz CT molecular complexity index is 349. The average Bonchev–Trinajstić information content (AvgIpc) is 3.13. The second-order valence-electron chi connectivity index (χ2n) is 4.90. The van der Waals surface area contributed by atoms with Crippen LogP contribution in [-0.2, 0) is 14.4 Å². The number of nitrogens with one attached hydrogen (secondary N) is 1. The number of aliphatic hydroxyl groups excluding tert-OH is 1. The largest absolute Gasteiger partial charge is 0.391 e. The molecule has 6 nitrogen and oxygen atoms in total. The van der Waals surface area contributed by atoms with Crippen molar-refractivity contribution in [3.05, 3.63) is 0 Å². The molecule has 1 saturated carbocycles. The highest BCUT2D eigenvalue weighted by Crippen LogP contribution is 2.32. The predicted molar refractivity (Wildman–Crippen MR) is 62.3 cm³/mol. The van der Waals surface area contributed by atoms with Gasteiger partial charge >= 0.3 is 0 Å². The van der Waals surface area contributed by atoms with Gasteiger partial charge in [-0.15, -0.1) is 0 Å². The lowest BCUT2D eigenvalue weighted by atomic mass is 10.2. The summed E-state index contributed by atoms with van der Waals surface area (Å²) in [5.41, 5.74) is 0. The maximum Gasteiger partial charge on any atom is 0.229 e. The van der Waals surface area contributed by atoms with E-state index in [2.05, 4.69) is 5.32 Å². The zero-order valence-electron chi connectivity index (χ0n) is 10.2. The first-order chi connectivity index (χ1) is 8.58. The Morgan fingerprint density at radius 2 is 1.94 bits per heavy atom. The summed E-state index contributed by atoms with van der Waals surface area (Å²) in [6.45, 7) is 0.397. The molecular formula is C12H18N2O4. The van der Waals surface area contributed by atoms with E-state index in [9.17, 15) is 19.5 Å². The predicted octanol–water partition coefficient (Wildman–Crippen LogP) is -0.587. The molecule has 100 valence electrons. The Kier molecular flexibility index (Phi) is 3.96. The standard InChI is InChI=1S/C12H18N2O4/c15-9(8-1-2-8)7-13-10(16)5-6-14-11(17)3-4-12(14)18/h8-9,15H,1-7H2,(H,13,16). The zero-order chi connectivity index (χ0) is 13.1. The van der Waals surface area contributed by atoms with Crippen LogP contribution in [0.25, 0.3) is 0 Å². The van der Waals surface area contributed by atoms with Crippen molar-refractivity contribution in [3.8, 4) is 0 Å². The molecule has 0 aromatic carbocycles. The van der Waals surface area contributed by atoms with Crippen LogP contribution in [-0.4, -0.2) is 46.9 Å². The monoisotopic (exact) mass is 254 g/mol. The zero-order valence-corrected chi connectivity index (χ0v) is 10.2. The highest BCUT2D eigenvalue weighted by atomic mass is 16.3. The van der Waals surface area contributed by atoms with Gasteiger partial charge in [0.25, 0.3) is 0 Å². The van der Waals surface area contributed by atoms with Crippen molar-refractivity contribution in [3.63, 3.8) is 0 Å². The van der Waals surface area contributed by atoms with E-state index in [0.717, 1.165) is 17.7 Å². The molecule has 2 rings (SSSR count). The summed E-state index contributed by atoms with van der Waals surface area (Å²) in [5, 5.41) is 12.2. The lowest BCUT2D eigenvalue weighted by molar-refractivity contribution is -0.138. The molecule has 2 N–H and O–H groups in total. The molecule has 1 aliphatic heterocycles. The van der Waals surface area contributed by atoms with Gasteiger partial charge in [0.15, 0.2) is 0 Å². The Morgan fingerprint density at radius 3 is 2.50 bits per heavy atom. The van der Waals surface area contributed by atoms with Crippen LogP contribution in [0, 0.1) is 5.92 Å². The summed E-state index contributed by atoms with van der Waals surface area (Å²) in [6, 6.07) is 0. The highest BCUT2D eigenvalue weighted by Gasteiger charge is 2.30. The first-order valence-electron chi connectivity index (χ1n) is 6.36. The average molecular weight is 254 g/mol. The summed E-state index contributed by atoms with van der Waals surface area (Å²) in [7, 11) is 0. The number of hydrogen-bond donors (Lipinski definition) is 2. The Hall–Kier alpha value is -1.43. The van der Waals surface area contributed by atoms with Crippen LogP contribution in [0.5, 0.6) is 0 Å². The molecule has 2 aliphatic rings. The quantitative estimate of drug-likeness (QED) is 0.620. The molecule has 1 saturated heterocycles. The lowest BCUT2D eigenvalue weighted by Gasteiger charge is -2.14. The number of amides is 3. The molecule has 18 heavy (non-hydrogen) atoms. The van der Waals surface area contributed by atoms with E-state index in [1.54, 1.807) is 0 Å². The van der Waals surface area contributed by atoms with Gasteiger partial charge in [-0.3, -0.25) is 19.3 Å². The van der Waals surface area contributed by atoms with Gasteiger partial charge in [0.2, 0.25) is 17.7 Å². The molecule has 2 fully saturated rings. The van der Waals surface area contributed by atoms with Gasteiger partial charge in [-0.05, 0) is 18.8 Å². The maximum atomic E-state index is 11.5. The molecule has 0 radical (unpaired) electrons. The van der Waals surface area contributed by atoms with Crippen LogP contribution >= 0.6 is 0 Å². The second-order valence-corrected chi connectivity index (χ2v) is 4.90. The highest BCUT2D eigenvalue weighted by molar-refractivity contribution is 6.02. The number of aliphatic hydroxyl groups is 1. The minimum atomic E-state index is -0.469. The van der Waals surface area contributed by atoms with Crippen LogP contribution in [0.4, 0.5) is 0 Å². The fourth-order valence-corrected chi connectivity index (χ4v) is 2.04. The number of hydrogen-bond acceptors (Lipinski definition) is 4. The SMILES string of the molecule is O=C(CCN1C(=O)CCC1=O)NCC(O)C1CC1. The molecule has 1 unspecified atom stereocenters. The van der Waals surface area contributed by atoms with Crippen LogP contribution in [0.15, 0.2) is 0 Å². The minimum Gasteiger partial charge on any atom is -0.391 e. The number of likely N-dealkylation sites (tertiary alicyclic amines) is 1. The second kappa shape index (κ2) is 5.48. The van der Waals surface area contributed by atoms with E-state index >= 15 is 0 Å². The molecule has 3 amide bonds. The molecule has 0 aromatic heterocycles. The third kappa shape index (κ3) is 3.29. The number of carbonyl (C=O) groups excluding carboxylic acids is 3. The van der Waals surface area contributed by atoms with Crippen molar-refractivity contribution in [1.29, 1.82) is 0 Å². The molecule has 1 atom stereocenters. The van der Waals surface area contributed by atoms with Gasteiger partial charge < -0.3 is 10.4 Å². The van der Waals surface area contributed by atoms with Gasteiger partial charge in [-0.25, -0.2) is 0 Å². The fourth-order valence-electron chi connectivity index (χ4n) is 2.04. The fraction of sp³-hybridized carbons (Fsp3) is 0.750. The molecule has 6 heteroatoms. The molecule has 0 aromatic rings. The molecular weight excluding hydrogens is 236 g/mol. The summed E-state index contributed by atoms with van der Waals surface area (Å²) in [6.07, 6.45) is 2.18. The molecule has 1 heterocycles. The Labute approximate surface area is 105 Å². The van der Waals surface area contributed by atoms with E-state index in [4.69, 9.17) is 0 Å². The third-order valence-corrected chi connectivity index (χ3v) is 3.39. The van der Waals surface area contributed by atoms with Crippen molar-refractivity contribution in [1.82, 2.24) is 10.2 Å². The van der Waals surface area contributed by atoms with Gasteiger partial charge in [0, 0.05) is 32.4 Å². The lowest BCUT2D eigenvalue weighted by Crippen LogP contribution is -2.37. The minimum absolute atomic E-state index is 0.106. The van der Waals surface area contributed by atoms with E-state index in [-0.39, 0.29) is 50.1 Å². The van der Waals surface area contributed by atoms with Gasteiger partial charge in [-0.2, -0.15) is 0 Å². The van der Waals surface area contributed by atoms with E-state index in [0.29, 0.717) is 5.92 Å². The van der Waals surface area contributed by atoms with Crippen molar-refractivity contribution < 1.29 is 19.5 Å². The number of carbonyl (C=O) groups is 3. The van der Waals surface area contributed by atoms with Gasteiger partial charge in [0.05, 0.1) is 6.10 Å². The first-order valence-corrected chi connectivity index (χ1v) is 6.36. The van der Waals surface area contributed by atoms with E-state index in [1.165, 1.54) is 0 Å². The molecule has 0 spiro atoms. The Morgan fingerprint density at radius 1 is 1.33 bits per heavy atom. The third-order valence-electron chi connectivity index (χ3n) is 3.39. The van der Waals surface area contributed by atoms with E-state index < -0.39 is 6.10 Å². The van der Waals surface area contributed by atoms with Gasteiger partial charge in [0.1, 0.15) is 0 Å². The summed E-state index contributed by atoms with van der Waals surface area (Å²) in [4.78, 5) is 35.2. The molecule has 1 aliphatic carbocycles. The Balaban J connectivity index is 1.64. The van der Waals surface area contributed by atoms with Crippen molar-refractivity contribution in [2.24, 2.45) is 5.92 Å². The van der Waals surface area contributed by atoms with Crippen molar-refractivity contribution in [2.75, 3.05) is 13.1 Å². The number of imide groups is 1. The maximum absolute atomic E-state index is 11.5. The van der Waals surface area contributed by atoms with Crippen LogP contribution in [0.1, 0.15) is 32.1 Å². The topological polar surface area (TPSA) is 86.7 Å². The van der Waals surface area contributed by atoms with Crippen LogP contribution in [0.2, 0.25) is 0 Å². The number of nitrogens with zero attached hydrogens (tertiary/aromatic N) is 1. The smallest absolute Gasteiger partial charge is 0.229 e. The van der Waals surface area contributed by atoms with Crippen LogP contribution < -0.4 is 5.32 Å². The first kappa shape index (κ1) is 13.0. The van der Waals surface area contributed by atoms with E-state index in [1.807, 2.05) is 0 Å². The summed E-state index contributed by atoms with van der Waals surface area (Å²) in [5.74, 6) is -0.314. The van der Waals surface area contributed by atoms with Gasteiger partial charge in [-0.1, -0.05) is 0 Å². The molecule has 0 bridgehead atoms. The number of rotatable bonds is 6. The van der Waals surface area contributed by atoms with Crippen molar-refractivity contribution >= 4 is 17.7 Å². The van der Waals surface area contributed by atoms with Crippen molar-refractivity contribution in [2.45, 2.75) is 38.2 Å². The normalized spacial score (nSPS) is 21.3.